The van der Waals surface area contributed by atoms with Gasteiger partial charge in [0.15, 0.2) is 11.5 Å². The van der Waals surface area contributed by atoms with Crippen LogP contribution in [0, 0.1) is 5.92 Å². The maximum Gasteiger partial charge on any atom is 0.338 e. The Morgan fingerprint density at radius 1 is 1.03 bits per heavy atom. The minimum Gasteiger partial charge on any atom is -0.493 e. The highest BCUT2D eigenvalue weighted by molar-refractivity contribution is 5.95. The van der Waals surface area contributed by atoms with Crippen molar-refractivity contribution in [2.24, 2.45) is 5.92 Å². The van der Waals surface area contributed by atoms with E-state index in [0.717, 1.165) is 0 Å². The molecule has 1 fully saturated rings. The lowest BCUT2D eigenvalue weighted by molar-refractivity contribution is -0.149. The van der Waals surface area contributed by atoms with E-state index in [4.69, 9.17) is 18.9 Å². The summed E-state index contributed by atoms with van der Waals surface area (Å²) >= 11 is 0. The molecule has 1 saturated heterocycles. The molecule has 2 aliphatic heterocycles. The lowest BCUT2D eigenvalue weighted by Gasteiger charge is -2.35. The first kappa shape index (κ1) is 25.4. The highest BCUT2D eigenvalue weighted by atomic mass is 16.5. The first-order valence-electron chi connectivity index (χ1n) is 11.5. The number of nitrogens with zero attached hydrogens (tertiary/aromatic N) is 1. The van der Waals surface area contributed by atoms with Crippen LogP contribution in [0.1, 0.15) is 38.3 Å². The van der Waals surface area contributed by atoms with Crippen LogP contribution >= 0.6 is 0 Å². The molecule has 2 aliphatic rings. The molecule has 0 unspecified atom stereocenters. The van der Waals surface area contributed by atoms with Gasteiger partial charge in [-0.3, -0.25) is 9.69 Å². The molecule has 0 bridgehead atoms. The molecule has 186 valence electrons. The van der Waals surface area contributed by atoms with E-state index in [1.807, 2.05) is 0 Å². The molecule has 1 aromatic rings. The lowest BCUT2D eigenvalue weighted by Crippen LogP contribution is -2.49. The quantitative estimate of drug-likeness (QED) is 0.522. The number of amides is 2. The van der Waals surface area contributed by atoms with Crippen LogP contribution in [0.3, 0.4) is 0 Å². The zero-order valence-electron chi connectivity index (χ0n) is 20.1. The summed E-state index contributed by atoms with van der Waals surface area (Å²) in [5.74, 6) is 0.219. The van der Waals surface area contributed by atoms with Gasteiger partial charge in [0.2, 0.25) is 0 Å². The SMILES string of the molecule is CCOC(=O)C1=C(CN2CCC(C(=O)OCC)CC2)NC(=O)N[C@H]1c1ccc(OC)c(OC)c1. The van der Waals surface area contributed by atoms with Gasteiger partial charge in [-0.05, 0) is 57.5 Å². The standard InChI is InChI=1S/C24H33N3O7/c1-5-33-22(28)15-9-11-27(12-10-15)14-17-20(23(29)34-6-2)21(26-24(30)25-17)16-7-8-18(31-3)19(13-16)32-4/h7-8,13,15,21H,5-6,9-12,14H2,1-4H3,(H2,25,26,30)/t21-/m0/s1. The number of hydrogen-bond donors (Lipinski definition) is 2. The van der Waals surface area contributed by atoms with Crippen LogP contribution in [0.15, 0.2) is 29.5 Å². The third kappa shape index (κ3) is 5.80. The van der Waals surface area contributed by atoms with Crippen molar-refractivity contribution < 1.29 is 33.3 Å². The molecule has 0 aliphatic carbocycles. The third-order valence-electron chi connectivity index (χ3n) is 5.98. The number of piperidine rings is 1. The van der Waals surface area contributed by atoms with E-state index in [-0.39, 0.29) is 18.5 Å². The molecular formula is C24H33N3O7. The fourth-order valence-electron chi connectivity index (χ4n) is 4.29. The summed E-state index contributed by atoms with van der Waals surface area (Å²) in [6, 6.07) is 4.10. The Bertz CT molecular complexity index is 938. The highest BCUT2D eigenvalue weighted by Gasteiger charge is 2.35. The van der Waals surface area contributed by atoms with Crippen molar-refractivity contribution in [3.8, 4) is 11.5 Å². The van der Waals surface area contributed by atoms with Crippen molar-refractivity contribution in [2.45, 2.75) is 32.7 Å². The van der Waals surface area contributed by atoms with Crippen molar-refractivity contribution in [3.05, 3.63) is 35.0 Å². The van der Waals surface area contributed by atoms with Crippen molar-refractivity contribution >= 4 is 18.0 Å². The predicted molar refractivity (Wildman–Crippen MR) is 123 cm³/mol. The topological polar surface area (TPSA) is 115 Å². The van der Waals surface area contributed by atoms with Gasteiger partial charge in [-0.1, -0.05) is 6.07 Å². The van der Waals surface area contributed by atoms with Crippen LogP contribution in [0.5, 0.6) is 11.5 Å². The Kier molecular flexibility index (Phi) is 8.75. The summed E-state index contributed by atoms with van der Waals surface area (Å²) in [5, 5.41) is 5.63. The predicted octanol–water partition coefficient (Wildman–Crippen LogP) is 2.15. The molecular weight excluding hydrogens is 442 g/mol. The Morgan fingerprint density at radius 2 is 1.71 bits per heavy atom. The molecule has 2 N–H and O–H groups in total. The van der Waals surface area contributed by atoms with Crippen molar-refractivity contribution in [1.82, 2.24) is 15.5 Å². The van der Waals surface area contributed by atoms with Crippen LogP contribution in [0.2, 0.25) is 0 Å². The number of ether oxygens (including phenoxy) is 4. The number of likely N-dealkylation sites (tertiary alicyclic amines) is 1. The molecule has 10 heteroatoms. The lowest BCUT2D eigenvalue weighted by atomic mass is 9.93. The van der Waals surface area contributed by atoms with Gasteiger partial charge in [0, 0.05) is 12.2 Å². The van der Waals surface area contributed by atoms with Gasteiger partial charge >= 0.3 is 18.0 Å². The number of nitrogens with one attached hydrogen (secondary N) is 2. The summed E-state index contributed by atoms with van der Waals surface area (Å²) in [6.45, 7) is 5.74. The van der Waals surface area contributed by atoms with Crippen LogP contribution in [0.25, 0.3) is 0 Å². The molecule has 0 radical (unpaired) electrons. The van der Waals surface area contributed by atoms with Gasteiger partial charge < -0.3 is 29.6 Å². The number of hydrogen-bond acceptors (Lipinski definition) is 8. The maximum absolute atomic E-state index is 13.0. The number of urea groups is 1. The third-order valence-corrected chi connectivity index (χ3v) is 5.98. The van der Waals surface area contributed by atoms with Crippen LogP contribution in [-0.2, 0) is 19.1 Å². The fourth-order valence-corrected chi connectivity index (χ4v) is 4.29. The average Bonchev–Trinajstić information content (AvgIpc) is 2.84. The van der Waals surface area contributed by atoms with E-state index >= 15 is 0 Å². The Hall–Kier alpha value is -3.27. The number of carbonyl (C=O) groups is 3. The Labute approximate surface area is 199 Å². The molecule has 1 atom stereocenters. The number of carbonyl (C=O) groups excluding carboxylic acids is 3. The number of rotatable bonds is 9. The van der Waals surface area contributed by atoms with Crippen molar-refractivity contribution in [2.75, 3.05) is 47.1 Å². The van der Waals surface area contributed by atoms with Gasteiger partial charge in [-0.25, -0.2) is 9.59 Å². The van der Waals surface area contributed by atoms with Gasteiger partial charge in [0.1, 0.15) is 0 Å². The number of esters is 2. The molecule has 10 nitrogen and oxygen atoms in total. The zero-order valence-corrected chi connectivity index (χ0v) is 20.1. The summed E-state index contributed by atoms with van der Waals surface area (Å²) in [4.78, 5) is 39.8. The molecule has 2 amide bonds. The van der Waals surface area contributed by atoms with Gasteiger partial charge in [0.05, 0.1) is 45.0 Å². The zero-order chi connectivity index (χ0) is 24.7. The smallest absolute Gasteiger partial charge is 0.338 e. The van der Waals surface area contributed by atoms with E-state index in [2.05, 4.69) is 15.5 Å². The monoisotopic (exact) mass is 475 g/mol. The van der Waals surface area contributed by atoms with E-state index in [1.54, 1.807) is 32.0 Å². The Morgan fingerprint density at radius 3 is 2.32 bits per heavy atom. The van der Waals surface area contributed by atoms with Crippen LogP contribution in [0.4, 0.5) is 4.79 Å². The summed E-state index contributed by atoms with van der Waals surface area (Å²) in [7, 11) is 3.06. The molecule has 0 saturated carbocycles. The molecule has 0 aromatic heterocycles. The largest absolute Gasteiger partial charge is 0.493 e. The number of benzene rings is 1. The van der Waals surface area contributed by atoms with E-state index in [1.165, 1.54) is 14.2 Å². The summed E-state index contributed by atoms with van der Waals surface area (Å²) in [5.41, 5.74) is 1.48. The average molecular weight is 476 g/mol. The fraction of sp³-hybridized carbons (Fsp3) is 0.542. The molecule has 2 heterocycles. The highest BCUT2D eigenvalue weighted by Crippen LogP contribution is 2.35. The van der Waals surface area contributed by atoms with E-state index < -0.39 is 18.0 Å². The van der Waals surface area contributed by atoms with Crippen molar-refractivity contribution in [1.29, 1.82) is 0 Å². The molecule has 3 rings (SSSR count). The molecule has 1 aromatic carbocycles. The second-order valence-corrected chi connectivity index (χ2v) is 8.06. The van der Waals surface area contributed by atoms with E-state index in [9.17, 15) is 14.4 Å². The summed E-state index contributed by atoms with van der Waals surface area (Å²) < 4.78 is 21.2. The number of methoxy groups -OCH3 is 2. The first-order valence-corrected chi connectivity index (χ1v) is 11.5. The maximum atomic E-state index is 13.0. The summed E-state index contributed by atoms with van der Waals surface area (Å²) in [6.07, 6.45) is 1.32. The van der Waals surface area contributed by atoms with Gasteiger partial charge in [-0.2, -0.15) is 0 Å². The molecule has 34 heavy (non-hydrogen) atoms. The molecule has 0 spiro atoms. The van der Waals surface area contributed by atoms with Gasteiger partial charge in [-0.15, -0.1) is 0 Å². The van der Waals surface area contributed by atoms with Crippen molar-refractivity contribution in [3.63, 3.8) is 0 Å². The van der Waals surface area contributed by atoms with Gasteiger partial charge in [0.25, 0.3) is 0 Å². The normalized spacial score (nSPS) is 19.2. The second-order valence-electron chi connectivity index (χ2n) is 8.06. The van der Waals surface area contributed by atoms with Crippen LogP contribution in [-0.4, -0.2) is 69.9 Å². The second kappa shape index (κ2) is 11.7. The Balaban J connectivity index is 1.88. The minimum absolute atomic E-state index is 0.128. The first-order chi connectivity index (χ1) is 16.4. The minimum atomic E-state index is -0.723. The van der Waals surface area contributed by atoms with Crippen LogP contribution < -0.4 is 20.1 Å². The van der Waals surface area contributed by atoms with E-state index in [0.29, 0.717) is 67.4 Å².